The van der Waals surface area contributed by atoms with Crippen molar-refractivity contribution in [2.75, 3.05) is 32.1 Å². The van der Waals surface area contributed by atoms with E-state index in [0.717, 1.165) is 14.0 Å². The van der Waals surface area contributed by atoms with E-state index in [0.29, 0.717) is 10.6 Å². The van der Waals surface area contributed by atoms with Crippen LogP contribution in [0.15, 0.2) is 12.3 Å². The first-order valence-electron chi connectivity index (χ1n) is 9.43. The zero-order valence-electron chi connectivity index (χ0n) is 18.1. The number of aromatic amines is 1. The summed E-state index contributed by atoms with van der Waals surface area (Å²) in [6, 6.07) is 1.56. The number of nitrogens with zero attached hydrogens (tertiary/aromatic N) is 1. The number of rotatable bonds is 10. The summed E-state index contributed by atoms with van der Waals surface area (Å²) in [5, 5.41) is 2.84. The normalized spacial score (nSPS) is 14.7. The van der Waals surface area contributed by atoms with Crippen molar-refractivity contribution in [3.63, 3.8) is 0 Å². The monoisotopic (exact) mass is 437 g/mol. The Kier molecular flexibility index (Phi) is 9.01. The molecule has 172 valence electrons. The van der Waals surface area contributed by atoms with Crippen LogP contribution in [0.2, 0.25) is 0 Å². The molecule has 0 aliphatic rings. The summed E-state index contributed by atoms with van der Waals surface area (Å²) in [7, 11) is 1.02. The summed E-state index contributed by atoms with van der Waals surface area (Å²) in [5.74, 6) is -0.578. The topological polar surface area (TPSA) is 92.9 Å². The van der Waals surface area contributed by atoms with Crippen LogP contribution in [-0.4, -0.2) is 72.7 Å². The Labute approximate surface area is 174 Å². The van der Waals surface area contributed by atoms with Crippen LogP contribution in [0.25, 0.3) is 0 Å². The number of H-pyrrole nitrogens is 1. The van der Waals surface area contributed by atoms with E-state index in [1.807, 2.05) is 0 Å². The summed E-state index contributed by atoms with van der Waals surface area (Å²) in [5.41, 5.74) is -2.94. The van der Waals surface area contributed by atoms with Crippen molar-refractivity contribution in [1.29, 1.82) is 0 Å². The number of nitrogens with one attached hydrogen (secondary N) is 2. The van der Waals surface area contributed by atoms with Crippen molar-refractivity contribution in [3.8, 4) is 0 Å². The van der Waals surface area contributed by atoms with E-state index < -0.39 is 36.0 Å². The van der Waals surface area contributed by atoms with Crippen LogP contribution in [0.1, 0.15) is 45.1 Å². The molecule has 1 aromatic heterocycles. The van der Waals surface area contributed by atoms with Gasteiger partial charge >= 0.3 is 12.1 Å². The van der Waals surface area contributed by atoms with Gasteiger partial charge in [-0.15, -0.1) is 0 Å². The van der Waals surface area contributed by atoms with Gasteiger partial charge in [-0.05, 0) is 40.7 Å². The fraction of sp³-hybridized carbons (Fsp3) is 0.684. The molecular weight excluding hydrogens is 407 g/mol. The number of anilines is 1. The number of esters is 1. The average molecular weight is 437 g/mol. The number of carbonyl (C=O) groups excluding carboxylic acids is 2. The molecule has 0 saturated heterocycles. The van der Waals surface area contributed by atoms with Crippen LogP contribution in [0, 0.1) is 0 Å². The van der Waals surface area contributed by atoms with Crippen LogP contribution in [0.3, 0.4) is 0 Å². The van der Waals surface area contributed by atoms with Gasteiger partial charge in [0.15, 0.2) is 5.60 Å². The molecule has 1 heterocycles. The lowest BCUT2D eigenvalue weighted by molar-refractivity contribution is -0.192. The van der Waals surface area contributed by atoms with Gasteiger partial charge in [0.25, 0.3) is 6.43 Å². The minimum Gasteiger partial charge on any atom is -0.461 e. The first kappa shape index (κ1) is 25.6. The van der Waals surface area contributed by atoms with Gasteiger partial charge in [-0.3, -0.25) is 4.90 Å². The van der Waals surface area contributed by atoms with E-state index >= 15 is 0 Å². The maximum absolute atomic E-state index is 14.8. The molecule has 8 nitrogen and oxygen atoms in total. The van der Waals surface area contributed by atoms with Gasteiger partial charge in [0.1, 0.15) is 11.3 Å². The molecular formula is C19H30F3N3O5. The quantitative estimate of drug-likeness (QED) is 0.329. The number of aromatic nitrogens is 1. The lowest BCUT2D eigenvalue weighted by atomic mass is 10.1. The number of alkyl halides is 3. The first-order chi connectivity index (χ1) is 13.8. The highest BCUT2D eigenvalue weighted by Gasteiger charge is 2.48. The molecule has 0 aliphatic heterocycles. The van der Waals surface area contributed by atoms with Crippen LogP contribution in [0.5, 0.6) is 0 Å². The van der Waals surface area contributed by atoms with Crippen molar-refractivity contribution >= 4 is 17.7 Å². The number of hydrogen-bond acceptors (Lipinski definition) is 6. The Bertz CT molecular complexity index is 708. The van der Waals surface area contributed by atoms with Gasteiger partial charge in [0, 0.05) is 19.8 Å². The highest BCUT2D eigenvalue weighted by atomic mass is 19.3. The highest BCUT2D eigenvalue weighted by molar-refractivity contribution is 5.93. The SMILES string of the molecule is CCOC(=O)c1[nH]ccc1NCCOC(C)(C(F)F)C(F)N(C)C(=O)OC(C)(C)C. The van der Waals surface area contributed by atoms with Crippen LogP contribution >= 0.6 is 0 Å². The fourth-order valence-electron chi connectivity index (χ4n) is 2.39. The third-order valence-electron chi connectivity index (χ3n) is 3.98. The second kappa shape index (κ2) is 10.6. The van der Waals surface area contributed by atoms with Crippen LogP contribution in [-0.2, 0) is 14.2 Å². The summed E-state index contributed by atoms with van der Waals surface area (Å²) in [4.78, 5) is 27.0. The Morgan fingerprint density at radius 3 is 2.40 bits per heavy atom. The second-order valence-electron chi connectivity index (χ2n) is 7.67. The summed E-state index contributed by atoms with van der Waals surface area (Å²) < 4.78 is 57.1. The van der Waals surface area contributed by atoms with E-state index in [4.69, 9.17) is 14.2 Å². The van der Waals surface area contributed by atoms with E-state index in [2.05, 4.69) is 10.3 Å². The van der Waals surface area contributed by atoms with Crippen molar-refractivity contribution in [1.82, 2.24) is 9.88 Å². The minimum atomic E-state index is -3.22. The molecule has 1 aromatic rings. The maximum Gasteiger partial charge on any atom is 0.412 e. The molecule has 11 heteroatoms. The lowest BCUT2D eigenvalue weighted by Crippen LogP contribution is -2.56. The largest absolute Gasteiger partial charge is 0.461 e. The van der Waals surface area contributed by atoms with Crippen molar-refractivity contribution in [3.05, 3.63) is 18.0 Å². The average Bonchev–Trinajstić information content (AvgIpc) is 3.11. The second-order valence-corrected chi connectivity index (χ2v) is 7.67. The number of likely N-dealkylation sites (N-methyl/N-ethyl adjacent to an activating group) is 1. The standard InChI is InChI=1S/C19H30F3N3O5/c1-7-28-14(26)13-12(8-9-24-13)23-10-11-29-19(5,15(20)21)16(22)25(6)17(27)30-18(2,3)4/h8-9,15-16,23-24H,7,10-11H2,1-6H3. The van der Waals surface area contributed by atoms with Gasteiger partial charge in [-0.1, -0.05) is 0 Å². The van der Waals surface area contributed by atoms with E-state index in [1.54, 1.807) is 33.8 Å². The summed E-state index contributed by atoms with van der Waals surface area (Å²) in [6.07, 6.45) is -5.27. The van der Waals surface area contributed by atoms with Crippen molar-refractivity contribution in [2.24, 2.45) is 0 Å². The predicted molar refractivity (Wildman–Crippen MR) is 104 cm³/mol. The van der Waals surface area contributed by atoms with E-state index in [-0.39, 0.29) is 25.5 Å². The molecule has 0 radical (unpaired) electrons. The molecule has 0 spiro atoms. The Morgan fingerprint density at radius 2 is 1.87 bits per heavy atom. The smallest absolute Gasteiger partial charge is 0.412 e. The number of ether oxygens (including phenoxy) is 3. The van der Waals surface area contributed by atoms with Crippen LogP contribution in [0.4, 0.5) is 23.7 Å². The third-order valence-corrected chi connectivity index (χ3v) is 3.98. The molecule has 0 aromatic carbocycles. The summed E-state index contributed by atoms with van der Waals surface area (Å²) >= 11 is 0. The van der Waals surface area contributed by atoms with E-state index in [1.165, 1.54) is 6.20 Å². The summed E-state index contributed by atoms with van der Waals surface area (Å²) in [6.45, 7) is 7.13. The van der Waals surface area contributed by atoms with Gasteiger partial charge in [-0.2, -0.15) is 0 Å². The van der Waals surface area contributed by atoms with Crippen molar-refractivity contribution in [2.45, 2.75) is 58.5 Å². The van der Waals surface area contributed by atoms with E-state index in [9.17, 15) is 22.8 Å². The van der Waals surface area contributed by atoms with Gasteiger partial charge in [0.05, 0.1) is 18.9 Å². The molecule has 0 aliphatic carbocycles. The number of carbonyl (C=O) groups is 2. The Morgan fingerprint density at radius 1 is 1.23 bits per heavy atom. The van der Waals surface area contributed by atoms with Crippen LogP contribution < -0.4 is 5.32 Å². The fourth-order valence-corrected chi connectivity index (χ4v) is 2.39. The zero-order chi connectivity index (χ0) is 23.1. The lowest BCUT2D eigenvalue weighted by Gasteiger charge is -2.37. The van der Waals surface area contributed by atoms with Gasteiger partial charge < -0.3 is 24.5 Å². The molecule has 1 rings (SSSR count). The maximum atomic E-state index is 14.8. The Hall–Kier alpha value is -2.43. The molecule has 0 fully saturated rings. The molecule has 1 amide bonds. The highest BCUT2D eigenvalue weighted by Crippen LogP contribution is 2.29. The number of amides is 1. The van der Waals surface area contributed by atoms with Gasteiger partial charge in [-0.25, -0.2) is 22.8 Å². The molecule has 0 bridgehead atoms. The molecule has 2 atom stereocenters. The minimum absolute atomic E-state index is 0.00452. The zero-order valence-corrected chi connectivity index (χ0v) is 18.1. The molecule has 30 heavy (non-hydrogen) atoms. The third kappa shape index (κ3) is 6.82. The molecule has 0 saturated carbocycles. The number of halogens is 3. The first-order valence-corrected chi connectivity index (χ1v) is 9.43. The number of hydrogen-bond donors (Lipinski definition) is 2. The molecule has 2 unspecified atom stereocenters. The van der Waals surface area contributed by atoms with Crippen molar-refractivity contribution < 1.29 is 37.0 Å². The predicted octanol–water partition coefficient (Wildman–Crippen LogP) is 3.81. The Balaban J connectivity index is 2.72. The van der Waals surface area contributed by atoms with Gasteiger partial charge in [0.2, 0.25) is 6.30 Å². The molecule has 2 N–H and O–H groups in total.